The number of carbonyl (C=O) groups is 1. The first-order valence-corrected chi connectivity index (χ1v) is 6.75. The Morgan fingerprint density at radius 2 is 2.22 bits per heavy atom. The van der Waals surface area contributed by atoms with E-state index in [1.165, 1.54) is 11.5 Å². The fourth-order valence-electron chi connectivity index (χ4n) is 1.41. The number of amides is 1. The van der Waals surface area contributed by atoms with Crippen molar-refractivity contribution >= 4 is 38.4 Å². The van der Waals surface area contributed by atoms with E-state index in [9.17, 15) is 4.79 Å². The minimum atomic E-state index is -0.173. The lowest BCUT2D eigenvalue weighted by atomic mass is 10.2. The second kappa shape index (κ2) is 5.49. The molecular formula is C12H11BrN2O2S. The summed E-state index contributed by atoms with van der Waals surface area (Å²) in [7, 11) is 1.58. The zero-order valence-corrected chi connectivity index (χ0v) is 12.3. The molecule has 0 atom stereocenters. The van der Waals surface area contributed by atoms with Crippen molar-refractivity contribution in [3.05, 3.63) is 40.0 Å². The van der Waals surface area contributed by atoms with Crippen LogP contribution in [0, 0.1) is 6.92 Å². The standard InChI is InChI=1S/C12H11BrN2O2S/c1-7-5-11(18-15-7)14-12(16)9-4-3-8(17-2)6-10(9)13/h3-6H,1-2H3,(H,14,16). The molecule has 2 rings (SSSR count). The van der Waals surface area contributed by atoms with E-state index in [2.05, 4.69) is 25.6 Å². The third-order valence-corrected chi connectivity index (χ3v) is 3.74. The zero-order valence-electron chi connectivity index (χ0n) is 9.86. The van der Waals surface area contributed by atoms with Crippen LogP contribution < -0.4 is 10.1 Å². The number of nitrogens with zero attached hydrogens (tertiary/aromatic N) is 1. The third kappa shape index (κ3) is 2.88. The topological polar surface area (TPSA) is 51.2 Å². The molecule has 18 heavy (non-hydrogen) atoms. The maximum atomic E-state index is 12.0. The van der Waals surface area contributed by atoms with Crippen LogP contribution in [0.4, 0.5) is 5.00 Å². The Morgan fingerprint density at radius 1 is 1.44 bits per heavy atom. The highest BCUT2D eigenvalue weighted by molar-refractivity contribution is 9.10. The molecule has 0 unspecified atom stereocenters. The van der Waals surface area contributed by atoms with Gasteiger partial charge in [0.2, 0.25) is 0 Å². The molecule has 1 aromatic carbocycles. The van der Waals surface area contributed by atoms with Gasteiger partial charge in [0.05, 0.1) is 18.4 Å². The normalized spacial score (nSPS) is 10.2. The van der Waals surface area contributed by atoms with Crippen molar-refractivity contribution in [3.63, 3.8) is 0 Å². The highest BCUT2D eigenvalue weighted by atomic mass is 79.9. The molecule has 1 aromatic heterocycles. The van der Waals surface area contributed by atoms with E-state index in [0.717, 1.165) is 10.7 Å². The smallest absolute Gasteiger partial charge is 0.257 e. The van der Waals surface area contributed by atoms with Crippen molar-refractivity contribution in [1.29, 1.82) is 0 Å². The summed E-state index contributed by atoms with van der Waals surface area (Å²) in [6.07, 6.45) is 0. The van der Waals surface area contributed by atoms with Gasteiger partial charge >= 0.3 is 0 Å². The molecule has 1 heterocycles. The van der Waals surface area contributed by atoms with Crippen molar-refractivity contribution in [2.45, 2.75) is 6.92 Å². The first kappa shape index (κ1) is 13.0. The number of hydrogen-bond acceptors (Lipinski definition) is 4. The summed E-state index contributed by atoms with van der Waals surface area (Å²) in [4.78, 5) is 12.0. The fourth-order valence-corrected chi connectivity index (χ4v) is 2.60. The number of ether oxygens (including phenoxy) is 1. The Kier molecular flexibility index (Phi) is 3.98. The van der Waals surface area contributed by atoms with Crippen molar-refractivity contribution in [2.75, 3.05) is 12.4 Å². The van der Waals surface area contributed by atoms with E-state index in [1.807, 2.05) is 13.0 Å². The Labute approximate surface area is 117 Å². The van der Waals surface area contributed by atoms with Crippen LogP contribution in [0.3, 0.4) is 0 Å². The van der Waals surface area contributed by atoms with Gasteiger partial charge in [-0.1, -0.05) is 0 Å². The van der Waals surface area contributed by atoms with E-state index in [1.54, 1.807) is 25.3 Å². The Bertz CT molecular complexity index is 583. The minimum absolute atomic E-state index is 0.173. The Balaban J connectivity index is 2.18. The molecule has 94 valence electrons. The van der Waals surface area contributed by atoms with Crippen LogP contribution in [0.2, 0.25) is 0 Å². The number of hydrogen-bond donors (Lipinski definition) is 1. The third-order valence-electron chi connectivity index (χ3n) is 2.29. The molecule has 4 nitrogen and oxygen atoms in total. The van der Waals surface area contributed by atoms with E-state index < -0.39 is 0 Å². The van der Waals surface area contributed by atoms with Gasteiger partial charge in [-0.2, -0.15) is 4.37 Å². The van der Waals surface area contributed by atoms with Crippen molar-refractivity contribution in [2.24, 2.45) is 0 Å². The van der Waals surface area contributed by atoms with Gasteiger partial charge in [0, 0.05) is 4.47 Å². The number of aryl methyl sites for hydroxylation is 1. The van der Waals surface area contributed by atoms with Crippen molar-refractivity contribution in [3.8, 4) is 5.75 Å². The monoisotopic (exact) mass is 326 g/mol. The van der Waals surface area contributed by atoms with Crippen LogP contribution in [0.15, 0.2) is 28.7 Å². The summed E-state index contributed by atoms with van der Waals surface area (Å²) in [5, 5.41) is 3.54. The maximum Gasteiger partial charge on any atom is 0.257 e. The summed E-state index contributed by atoms with van der Waals surface area (Å²) in [5.74, 6) is 0.528. The zero-order chi connectivity index (χ0) is 13.1. The lowest BCUT2D eigenvalue weighted by Gasteiger charge is -2.06. The largest absolute Gasteiger partial charge is 0.497 e. The van der Waals surface area contributed by atoms with Gasteiger partial charge in [0.1, 0.15) is 10.8 Å². The van der Waals surface area contributed by atoms with Gasteiger partial charge in [-0.25, -0.2) is 0 Å². The van der Waals surface area contributed by atoms with Gasteiger partial charge in [-0.3, -0.25) is 4.79 Å². The van der Waals surface area contributed by atoms with Gasteiger partial charge in [-0.15, -0.1) is 0 Å². The number of aromatic nitrogens is 1. The Hall–Kier alpha value is -1.40. The molecular weight excluding hydrogens is 316 g/mol. The highest BCUT2D eigenvalue weighted by Crippen LogP contribution is 2.24. The molecule has 0 spiro atoms. The lowest BCUT2D eigenvalue weighted by molar-refractivity contribution is 0.102. The summed E-state index contributed by atoms with van der Waals surface area (Å²) >= 11 is 4.62. The number of benzene rings is 1. The molecule has 0 fully saturated rings. The summed E-state index contributed by atoms with van der Waals surface area (Å²) in [5.41, 5.74) is 1.45. The minimum Gasteiger partial charge on any atom is -0.497 e. The van der Waals surface area contributed by atoms with E-state index >= 15 is 0 Å². The van der Waals surface area contributed by atoms with Crippen LogP contribution in [0.1, 0.15) is 16.1 Å². The predicted molar refractivity (Wildman–Crippen MR) is 75.5 cm³/mol. The number of nitrogens with one attached hydrogen (secondary N) is 1. The van der Waals surface area contributed by atoms with Crippen LogP contribution in [-0.4, -0.2) is 17.4 Å². The highest BCUT2D eigenvalue weighted by Gasteiger charge is 2.12. The number of carbonyl (C=O) groups excluding carboxylic acids is 1. The van der Waals surface area contributed by atoms with Gasteiger partial charge in [-0.05, 0) is 58.7 Å². The first-order chi connectivity index (χ1) is 8.60. The predicted octanol–water partition coefficient (Wildman–Crippen LogP) is 3.47. The molecule has 6 heteroatoms. The number of anilines is 1. The summed E-state index contributed by atoms with van der Waals surface area (Å²) < 4.78 is 9.89. The molecule has 1 N–H and O–H groups in total. The SMILES string of the molecule is COc1ccc(C(=O)Nc2cc(C)ns2)c(Br)c1. The lowest BCUT2D eigenvalue weighted by Crippen LogP contribution is -2.11. The van der Waals surface area contributed by atoms with Crippen LogP contribution in [0.5, 0.6) is 5.75 Å². The molecule has 0 bridgehead atoms. The molecule has 1 amide bonds. The van der Waals surface area contributed by atoms with E-state index in [0.29, 0.717) is 15.8 Å². The number of rotatable bonds is 3. The van der Waals surface area contributed by atoms with Crippen LogP contribution in [-0.2, 0) is 0 Å². The second-order valence-electron chi connectivity index (χ2n) is 3.63. The molecule has 2 aromatic rings. The molecule has 0 radical (unpaired) electrons. The fraction of sp³-hybridized carbons (Fsp3) is 0.167. The quantitative estimate of drug-likeness (QED) is 0.939. The van der Waals surface area contributed by atoms with E-state index in [-0.39, 0.29) is 5.91 Å². The molecule has 0 saturated carbocycles. The molecule has 0 aliphatic heterocycles. The van der Waals surface area contributed by atoms with E-state index in [4.69, 9.17) is 4.74 Å². The number of halogens is 1. The second-order valence-corrected chi connectivity index (χ2v) is 5.29. The molecule has 0 saturated heterocycles. The van der Waals surface area contributed by atoms with Gasteiger partial charge in [0.15, 0.2) is 0 Å². The number of methoxy groups -OCH3 is 1. The molecule has 0 aliphatic carbocycles. The van der Waals surface area contributed by atoms with Crippen molar-refractivity contribution < 1.29 is 9.53 Å². The average Bonchev–Trinajstić information content (AvgIpc) is 2.74. The summed E-state index contributed by atoms with van der Waals surface area (Å²) in [6.45, 7) is 1.88. The molecule has 0 aliphatic rings. The first-order valence-electron chi connectivity index (χ1n) is 5.18. The van der Waals surface area contributed by atoms with Gasteiger partial charge in [0.25, 0.3) is 5.91 Å². The maximum absolute atomic E-state index is 12.0. The van der Waals surface area contributed by atoms with Gasteiger partial charge < -0.3 is 10.1 Å². The Morgan fingerprint density at radius 3 is 2.78 bits per heavy atom. The van der Waals surface area contributed by atoms with Crippen molar-refractivity contribution in [1.82, 2.24) is 4.37 Å². The average molecular weight is 327 g/mol. The summed E-state index contributed by atoms with van der Waals surface area (Å²) in [6, 6.07) is 7.05. The van der Waals surface area contributed by atoms with Crippen LogP contribution >= 0.6 is 27.5 Å². The van der Waals surface area contributed by atoms with Crippen LogP contribution in [0.25, 0.3) is 0 Å².